The predicted octanol–water partition coefficient (Wildman–Crippen LogP) is 1.88. The average Bonchev–Trinajstić information content (AvgIpc) is 2.92. The summed E-state index contributed by atoms with van der Waals surface area (Å²) in [6, 6.07) is 9.66. The number of benzene rings is 1. The molecule has 2 heterocycles. The first kappa shape index (κ1) is 11.2. The lowest BCUT2D eigenvalue weighted by Gasteiger charge is -2.25. The maximum absolute atomic E-state index is 11.9. The van der Waals surface area contributed by atoms with Crippen LogP contribution >= 0.6 is 11.5 Å². The Hall–Kier alpha value is -1.88. The second kappa shape index (κ2) is 4.78. The van der Waals surface area contributed by atoms with Gasteiger partial charge in [0, 0.05) is 6.20 Å². The minimum atomic E-state index is -0.0783. The Morgan fingerprint density at radius 3 is 3.11 bits per heavy atom. The molecular formula is C13H12N2O2S. The third kappa shape index (κ3) is 2.22. The van der Waals surface area contributed by atoms with E-state index in [1.165, 1.54) is 11.5 Å². The molecule has 1 unspecified atom stereocenters. The molecule has 0 spiro atoms. The molecule has 0 saturated carbocycles. The molecule has 0 bridgehead atoms. The number of nitrogens with zero attached hydrogens (tertiary/aromatic N) is 1. The van der Waals surface area contributed by atoms with E-state index in [2.05, 4.69) is 9.69 Å². The molecule has 1 aliphatic rings. The topological polar surface area (TPSA) is 51.2 Å². The van der Waals surface area contributed by atoms with Crippen LogP contribution < -0.4 is 10.1 Å². The summed E-state index contributed by atoms with van der Waals surface area (Å²) in [6.45, 7) is 0.515. The first-order valence-corrected chi connectivity index (χ1v) is 6.52. The average molecular weight is 260 g/mol. The fourth-order valence-electron chi connectivity index (χ4n) is 2.01. The maximum atomic E-state index is 11.9. The highest BCUT2D eigenvalue weighted by Crippen LogP contribution is 2.24. The standard InChI is InChI=1S/C13H12N2O2S/c16-13(12-5-6-14-18-12)15-10-7-9-3-1-2-4-11(9)17-8-10/h1-6,10H,7-8H2,(H,15,16). The van der Waals surface area contributed by atoms with Crippen LogP contribution in [0.15, 0.2) is 36.5 Å². The number of hydrogen-bond acceptors (Lipinski definition) is 4. The largest absolute Gasteiger partial charge is 0.491 e. The fraction of sp³-hybridized carbons (Fsp3) is 0.231. The Labute approximate surface area is 109 Å². The molecule has 2 aromatic rings. The Morgan fingerprint density at radius 2 is 2.28 bits per heavy atom. The van der Waals surface area contributed by atoms with E-state index >= 15 is 0 Å². The third-order valence-electron chi connectivity index (χ3n) is 2.88. The van der Waals surface area contributed by atoms with Gasteiger partial charge in [-0.15, -0.1) is 0 Å². The van der Waals surface area contributed by atoms with Gasteiger partial charge in [0.05, 0.1) is 6.04 Å². The number of fused-ring (bicyclic) bond motifs is 1. The van der Waals surface area contributed by atoms with Crippen molar-refractivity contribution < 1.29 is 9.53 Å². The van der Waals surface area contributed by atoms with Crippen molar-refractivity contribution in [2.75, 3.05) is 6.61 Å². The SMILES string of the molecule is O=C(NC1COc2ccccc2C1)c1ccns1. The number of ether oxygens (including phenoxy) is 1. The Kier molecular flexibility index (Phi) is 2.98. The number of amides is 1. The van der Waals surface area contributed by atoms with Crippen molar-refractivity contribution in [2.24, 2.45) is 0 Å². The van der Waals surface area contributed by atoms with E-state index < -0.39 is 0 Å². The minimum Gasteiger partial charge on any atom is -0.491 e. The molecule has 1 atom stereocenters. The number of hydrogen-bond donors (Lipinski definition) is 1. The minimum absolute atomic E-state index is 0.0227. The summed E-state index contributed by atoms with van der Waals surface area (Å²) >= 11 is 1.20. The smallest absolute Gasteiger partial charge is 0.263 e. The van der Waals surface area contributed by atoms with Gasteiger partial charge in [-0.05, 0) is 35.6 Å². The summed E-state index contributed by atoms with van der Waals surface area (Å²) in [5, 5.41) is 2.97. The zero-order valence-electron chi connectivity index (χ0n) is 9.63. The number of aromatic nitrogens is 1. The van der Waals surface area contributed by atoms with Crippen LogP contribution in [0.2, 0.25) is 0 Å². The fourth-order valence-corrected chi connectivity index (χ4v) is 2.51. The van der Waals surface area contributed by atoms with E-state index in [9.17, 15) is 4.79 Å². The van der Waals surface area contributed by atoms with Gasteiger partial charge in [-0.2, -0.15) is 0 Å². The lowest BCUT2D eigenvalue weighted by Crippen LogP contribution is -2.42. The molecule has 4 nitrogen and oxygen atoms in total. The number of nitrogens with one attached hydrogen (secondary N) is 1. The van der Waals surface area contributed by atoms with Crippen molar-refractivity contribution in [1.82, 2.24) is 9.69 Å². The molecule has 3 rings (SSSR count). The van der Waals surface area contributed by atoms with Crippen molar-refractivity contribution in [3.05, 3.63) is 47.0 Å². The Bertz CT molecular complexity index is 554. The third-order valence-corrected chi connectivity index (χ3v) is 3.62. The Balaban J connectivity index is 1.68. The number of carbonyl (C=O) groups excluding carboxylic acids is 1. The number of carbonyl (C=O) groups is 1. The Morgan fingerprint density at radius 1 is 1.39 bits per heavy atom. The second-order valence-corrected chi connectivity index (χ2v) is 5.00. The summed E-state index contributed by atoms with van der Waals surface area (Å²) in [4.78, 5) is 12.5. The molecule has 5 heteroatoms. The predicted molar refractivity (Wildman–Crippen MR) is 69.0 cm³/mol. The number of rotatable bonds is 2. The van der Waals surface area contributed by atoms with Gasteiger partial charge in [0.15, 0.2) is 0 Å². The molecule has 0 saturated heterocycles. The van der Waals surface area contributed by atoms with Gasteiger partial charge in [-0.1, -0.05) is 18.2 Å². The van der Waals surface area contributed by atoms with Crippen molar-refractivity contribution in [3.8, 4) is 5.75 Å². The maximum Gasteiger partial charge on any atom is 0.263 e. The first-order chi connectivity index (χ1) is 8.83. The molecule has 92 valence electrons. The van der Waals surface area contributed by atoms with Gasteiger partial charge in [0.2, 0.25) is 0 Å². The van der Waals surface area contributed by atoms with E-state index in [0.717, 1.165) is 17.7 Å². The zero-order chi connectivity index (χ0) is 12.4. The van der Waals surface area contributed by atoms with Crippen molar-refractivity contribution in [3.63, 3.8) is 0 Å². The van der Waals surface area contributed by atoms with Crippen LogP contribution in [-0.2, 0) is 6.42 Å². The van der Waals surface area contributed by atoms with Gasteiger partial charge in [-0.3, -0.25) is 4.79 Å². The van der Waals surface area contributed by atoms with Crippen LogP contribution in [0.25, 0.3) is 0 Å². The molecule has 18 heavy (non-hydrogen) atoms. The summed E-state index contributed by atoms with van der Waals surface area (Å²) in [5.74, 6) is 0.839. The molecular weight excluding hydrogens is 248 g/mol. The lowest BCUT2D eigenvalue weighted by atomic mass is 10.0. The lowest BCUT2D eigenvalue weighted by molar-refractivity contribution is 0.0919. The van der Waals surface area contributed by atoms with Crippen LogP contribution in [0, 0.1) is 0 Å². The quantitative estimate of drug-likeness (QED) is 0.897. The van der Waals surface area contributed by atoms with Crippen molar-refractivity contribution >= 4 is 17.4 Å². The highest BCUT2D eigenvalue weighted by Gasteiger charge is 2.21. The van der Waals surface area contributed by atoms with Gasteiger partial charge in [0.1, 0.15) is 17.2 Å². The van der Waals surface area contributed by atoms with Crippen molar-refractivity contribution in [2.45, 2.75) is 12.5 Å². The van der Waals surface area contributed by atoms with Crippen LogP contribution in [-0.4, -0.2) is 22.9 Å². The first-order valence-electron chi connectivity index (χ1n) is 5.75. The highest BCUT2D eigenvalue weighted by atomic mass is 32.1. The van der Waals surface area contributed by atoms with E-state index in [0.29, 0.717) is 11.5 Å². The van der Waals surface area contributed by atoms with Gasteiger partial charge in [0.25, 0.3) is 5.91 Å². The number of para-hydroxylation sites is 1. The highest BCUT2D eigenvalue weighted by molar-refractivity contribution is 7.08. The van der Waals surface area contributed by atoms with Crippen LogP contribution in [0.1, 0.15) is 15.2 Å². The molecule has 1 aliphatic heterocycles. The summed E-state index contributed by atoms with van der Waals surface area (Å²) in [7, 11) is 0. The van der Waals surface area contributed by atoms with E-state index in [4.69, 9.17) is 4.74 Å². The van der Waals surface area contributed by atoms with Crippen LogP contribution in [0.3, 0.4) is 0 Å². The molecule has 0 radical (unpaired) electrons. The normalized spacial score (nSPS) is 17.7. The van der Waals surface area contributed by atoms with E-state index in [-0.39, 0.29) is 11.9 Å². The van der Waals surface area contributed by atoms with Gasteiger partial charge < -0.3 is 10.1 Å². The molecule has 1 aromatic carbocycles. The summed E-state index contributed by atoms with van der Waals surface area (Å²) in [5.41, 5.74) is 1.14. The van der Waals surface area contributed by atoms with Crippen LogP contribution in [0.5, 0.6) is 5.75 Å². The summed E-state index contributed by atoms with van der Waals surface area (Å²) < 4.78 is 9.55. The van der Waals surface area contributed by atoms with Gasteiger partial charge >= 0.3 is 0 Å². The van der Waals surface area contributed by atoms with Crippen molar-refractivity contribution in [1.29, 1.82) is 0 Å². The summed E-state index contributed by atoms with van der Waals surface area (Å²) in [6.07, 6.45) is 2.44. The molecule has 0 aliphatic carbocycles. The zero-order valence-corrected chi connectivity index (χ0v) is 10.4. The van der Waals surface area contributed by atoms with E-state index in [1.807, 2.05) is 24.3 Å². The van der Waals surface area contributed by atoms with E-state index in [1.54, 1.807) is 12.3 Å². The second-order valence-electron chi connectivity index (χ2n) is 4.17. The molecule has 1 aromatic heterocycles. The monoisotopic (exact) mass is 260 g/mol. The molecule has 1 N–H and O–H groups in total. The van der Waals surface area contributed by atoms with Gasteiger partial charge in [-0.25, -0.2) is 4.37 Å². The van der Waals surface area contributed by atoms with Crippen LogP contribution in [0.4, 0.5) is 0 Å². The molecule has 1 amide bonds. The molecule has 0 fully saturated rings.